The highest BCUT2D eigenvalue weighted by atomic mass is 31.2. The molecule has 8 atom stereocenters. The molecule has 1 aromatic rings. The summed E-state index contributed by atoms with van der Waals surface area (Å²) in [6.45, 7) is 13.3. The van der Waals surface area contributed by atoms with E-state index in [9.17, 15) is 19.3 Å². The quantitative estimate of drug-likeness (QED) is 0.254. The summed E-state index contributed by atoms with van der Waals surface area (Å²) in [5, 5.41) is 15.9. The first-order valence-electron chi connectivity index (χ1n) is 18.6. The normalized spacial score (nSPS) is 37.3. The maximum Gasteiger partial charge on any atom is 0.410 e. The molecule has 4 saturated carbocycles. The lowest BCUT2D eigenvalue weighted by Crippen LogP contribution is -2.62. The van der Waals surface area contributed by atoms with E-state index in [1.165, 1.54) is 6.07 Å². The molecule has 1 amide bonds. The van der Waals surface area contributed by atoms with Crippen LogP contribution in [0.15, 0.2) is 27.6 Å². The van der Waals surface area contributed by atoms with Gasteiger partial charge in [-0.2, -0.15) is 0 Å². The van der Waals surface area contributed by atoms with Gasteiger partial charge in [0.25, 0.3) is 0 Å². The minimum atomic E-state index is -3.26. The number of carbonyl (C=O) groups excluding carboxylic acids is 1. The molecule has 0 unspecified atom stereocenters. The van der Waals surface area contributed by atoms with Crippen molar-refractivity contribution in [2.45, 2.75) is 148 Å². The maximum absolute atomic E-state index is 13.3. The van der Waals surface area contributed by atoms with E-state index in [2.05, 4.69) is 19.2 Å². The average Bonchev–Trinajstić information content (AvgIpc) is 3.31. The van der Waals surface area contributed by atoms with Crippen molar-refractivity contribution in [3.05, 3.63) is 34.4 Å². The first-order valence-corrected chi connectivity index (χ1v) is 20.3. The Balaban J connectivity index is 1.01. The topological polar surface area (TPSA) is 128 Å². The van der Waals surface area contributed by atoms with Gasteiger partial charge in [0, 0.05) is 30.6 Å². The van der Waals surface area contributed by atoms with Gasteiger partial charge < -0.3 is 33.5 Å². The largest absolute Gasteiger partial charge is 0.446 e. The van der Waals surface area contributed by atoms with Crippen LogP contribution < -0.4 is 10.9 Å². The van der Waals surface area contributed by atoms with E-state index in [0.717, 1.165) is 76.2 Å². The van der Waals surface area contributed by atoms with Gasteiger partial charge in [-0.3, -0.25) is 4.57 Å². The second-order valence-electron chi connectivity index (χ2n) is 16.7. The smallest absolute Gasteiger partial charge is 0.410 e. The monoisotopic (exact) mass is 690 g/mol. The van der Waals surface area contributed by atoms with Gasteiger partial charge in [-0.15, -0.1) is 0 Å². The van der Waals surface area contributed by atoms with Crippen LogP contribution in [0.2, 0.25) is 0 Å². The molecule has 4 aliphatic carbocycles. The molecule has 0 bridgehead atoms. The van der Waals surface area contributed by atoms with Crippen LogP contribution in [0.4, 0.5) is 4.79 Å². The molecule has 1 aliphatic heterocycles. The third-order valence-corrected chi connectivity index (χ3v) is 15.3. The number of nitrogens with one attached hydrogen (secondary N) is 1. The predicted molar refractivity (Wildman–Crippen MR) is 184 cm³/mol. The fourth-order valence-electron chi connectivity index (χ4n) is 10.9. The summed E-state index contributed by atoms with van der Waals surface area (Å²) in [6, 6.07) is 3.54. The molecular formula is C37H59N2O8P. The number of amides is 1. The van der Waals surface area contributed by atoms with Gasteiger partial charge >= 0.3 is 19.3 Å². The van der Waals surface area contributed by atoms with Gasteiger partial charge in [-0.1, -0.05) is 13.8 Å². The molecule has 5 aliphatic rings. The minimum Gasteiger partial charge on any atom is -0.446 e. The summed E-state index contributed by atoms with van der Waals surface area (Å²) >= 11 is 0. The Morgan fingerprint density at radius 1 is 0.979 bits per heavy atom. The lowest BCUT2D eigenvalue weighted by atomic mass is 9.43. The Morgan fingerprint density at radius 3 is 2.33 bits per heavy atom. The average molecular weight is 691 g/mol. The van der Waals surface area contributed by atoms with Crippen molar-refractivity contribution in [3.8, 4) is 0 Å². The van der Waals surface area contributed by atoms with Crippen LogP contribution in [0.1, 0.15) is 124 Å². The minimum absolute atomic E-state index is 0.0734. The fourth-order valence-corrected chi connectivity index (χ4v) is 12.8. The Kier molecular flexibility index (Phi) is 10.4. The van der Waals surface area contributed by atoms with Gasteiger partial charge in [0.1, 0.15) is 6.10 Å². The first kappa shape index (κ1) is 36.1. The summed E-state index contributed by atoms with van der Waals surface area (Å²) in [4.78, 5) is 26.8. The second-order valence-corrected chi connectivity index (χ2v) is 18.6. The van der Waals surface area contributed by atoms with Gasteiger partial charge in [0.15, 0.2) is 0 Å². The Hall–Kier alpha value is -1.71. The molecule has 2 heterocycles. The van der Waals surface area contributed by atoms with Crippen LogP contribution in [-0.4, -0.2) is 65.4 Å². The molecule has 0 spiro atoms. The lowest BCUT2D eigenvalue weighted by Gasteiger charge is -2.63. The molecule has 48 heavy (non-hydrogen) atoms. The van der Waals surface area contributed by atoms with E-state index in [4.69, 9.17) is 18.2 Å². The molecule has 5 fully saturated rings. The number of ether oxygens (including phenoxy) is 1. The number of piperidine rings is 1. The van der Waals surface area contributed by atoms with Crippen molar-refractivity contribution in [2.24, 2.45) is 28.6 Å². The summed E-state index contributed by atoms with van der Waals surface area (Å²) in [6.07, 6.45) is 11.2. The Morgan fingerprint density at radius 2 is 1.69 bits per heavy atom. The molecule has 2 N–H and O–H groups in total. The number of nitrogens with zero attached hydrogens (tertiary/aromatic N) is 1. The molecule has 1 saturated heterocycles. The van der Waals surface area contributed by atoms with Gasteiger partial charge in [0.05, 0.1) is 30.4 Å². The van der Waals surface area contributed by atoms with Crippen LogP contribution in [-0.2, 0) is 18.3 Å². The van der Waals surface area contributed by atoms with Crippen LogP contribution in [0.5, 0.6) is 0 Å². The number of aliphatic hydroxyl groups is 1. The molecule has 6 rings (SSSR count). The number of rotatable bonds is 9. The number of fused-ring (bicyclic) bond motifs is 5. The first-order chi connectivity index (χ1) is 22.7. The van der Waals surface area contributed by atoms with Crippen LogP contribution in [0.3, 0.4) is 0 Å². The third-order valence-electron chi connectivity index (χ3n) is 13.3. The van der Waals surface area contributed by atoms with Crippen molar-refractivity contribution >= 4 is 13.7 Å². The SMILES string of the molecule is CC(C)OP(=O)(CNC1CCN(C(=O)O[C@H]2CC[C@@]3(C)[C@H](CC[C@@H]4[C@@H]3CC[C@]3(C)[C@@H](c5ccc(=O)oc5)CC[C@]43O)C2)CC1)OC(C)C. The van der Waals surface area contributed by atoms with Gasteiger partial charge in [-0.25, -0.2) is 9.59 Å². The highest BCUT2D eigenvalue weighted by Crippen LogP contribution is 2.70. The molecular weight excluding hydrogens is 631 g/mol. The summed E-state index contributed by atoms with van der Waals surface area (Å²) < 4.78 is 36.0. The van der Waals surface area contributed by atoms with Crippen molar-refractivity contribution in [1.82, 2.24) is 10.2 Å². The molecule has 270 valence electrons. The molecule has 11 heteroatoms. The summed E-state index contributed by atoms with van der Waals surface area (Å²) in [7, 11) is -3.26. The zero-order chi connectivity index (χ0) is 34.5. The van der Waals surface area contributed by atoms with Gasteiger partial charge in [-0.05, 0) is 139 Å². The maximum atomic E-state index is 13.3. The predicted octanol–water partition coefficient (Wildman–Crippen LogP) is 7.44. The highest BCUT2D eigenvalue weighted by Gasteiger charge is 2.67. The van der Waals surface area contributed by atoms with Crippen LogP contribution in [0.25, 0.3) is 0 Å². The van der Waals surface area contributed by atoms with E-state index in [1.54, 1.807) is 6.26 Å². The number of likely N-dealkylation sites (tertiary alicyclic amines) is 1. The standard InChI is InChI=1S/C37H59N2O8P/c1-24(2)46-48(43,47-25(3)4)23-38-28-14-19-39(20-15-28)34(41)45-29-11-16-35(5)27(21-29)8-9-32-31(35)12-17-36(6)30(13-18-37(32,36)42)26-7-10-33(40)44-22-26/h7,10,22,24-25,27-32,38,42H,8-9,11-21,23H2,1-6H3/t27-,29+,30-,31+,32-,35+,36-,37+/m1/s1. The summed E-state index contributed by atoms with van der Waals surface area (Å²) in [5.41, 5.74) is -0.138. The highest BCUT2D eigenvalue weighted by molar-refractivity contribution is 7.53. The van der Waals surface area contributed by atoms with Crippen molar-refractivity contribution in [3.63, 3.8) is 0 Å². The molecule has 1 aromatic heterocycles. The van der Waals surface area contributed by atoms with E-state index in [0.29, 0.717) is 24.9 Å². The zero-order valence-electron chi connectivity index (χ0n) is 29.9. The summed E-state index contributed by atoms with van der Waals surface area (Å²) in [5.74, 6) is 1.38. The zero-order valence-corrected chi connectivity index (χ0v) is 30.8. The van der Waals surface area contributed by atoms with Crippen LogP contribution >= 0.6 is 7.60 Å². The molecule has 0 aromatic carbocycles. The van der Waals surface area contributed by atoms with E-state index in [1.807, 2.05) is 38.7 Å². The van der Waals surface area contributed by atoms with Crippen molar-refractivity contribution in [2.75, 3.05) is 19.4 Å². The number of carbonyl (C=O) groups is 1. The Labute approximate surface area is 286 Å². The lowest BCUT2D eigenvalue weighted by molar-refractivity contribution is -0.205. The van der Waals surface area contributed by atoms with Crippen molar-refractivity contribution in [1.29, 1.82) is 0 Å². The van der Waals surface area contributed by atoms with Crippen LogP contribution in [0, 0.1) is 28.6 Å². The van der Waals surface area contributed by atoms with E-state index >= 15 is 0 Å². The van der Waals surface area contributed by atoms with Crippen molar-refractivity contribution < 1.29 is 32.7 Å². The number of hydrogen-bond donors (Lipinski definition) is 2. The Bertz CT molecular complexity index is 1380. The molecule has 10 nitrogen and oxygen atoms in total. The number of hydrogen-bond acceptors (Lipinski definition) is 9. The molecule has 0 radical (unpaired) electrons. The fraction of sp³-hybridized carbons (Fsp3) is 0.838. The van der Waals surface area contributed by atoms with Gasteiger partial charge in [0.2, 0.25) is 0 Å². The van der Waals surface area contributed by atoms with E-state index in [-0.39, 0.29) is 65.0 Å². The third kappa shape index (κ3) is 6.82. The second kappa shape index (κ2) is 13.8. The van der Waals surface area contributed by atoms with E-state index < -0.39 is 13.2 Å².